The highest BCUT2D eigenvalue weighted by atomic mass is 16.2. The third-order valence-electron chi connectivity index (χ3n) is 6.57. The molecule has 0 fully saturated rings. The molecule has 3 aromatic rings. The number of nitrogens with one attached hydrogen (secondary N) is 1. The molecule has 0 atom stereocenters. The summed E-state index contributed by atoms with van der Waals surface area (Å²) >= 11 is 0. The van der Waals surface area contributed by atoms with Gasteiger partial charge in [0.25, 0.3) is 5.91 Å². The number of carbonyl (C=O) groups is 1. The Morgan fingerprint density at radius 1 is 1.18 bits per heavy atom. The van der Waals surface area contributed by atoms with Crippen molar-refractivity contribution in [2.45, 2.75) is 58.8 Å². The van der Waals surface area contributed by atoms with Crippen molar-refractivity contribution in [1.29, 1.82) is 0 Å². The van der Waals surface area contributed by atoms with E-state index in [-0.39, 0.29) is 11.9 Å². The smallest absolute Gasteiger partial charge is 0.260 e. The summed E-state index contributed by atoms with van der Waals surface area (Å²) in [5.41, 5.74) is 3.30. The molecule has 5 heterocycles. The van der Waals surface area contributed by atoms with Crippen LogP contribution in [0.25, 0.3) is 11.5 Å². The lowest BCUT2D eigenvalue weighted by atomic mass is 10.1. The second-order valence-electron chi connectivity index (χ2n) is 9.01. The molecule has 172 valence electrons. The van der Waals surface area contributed by atoms with E-state index in [1.54, 1.807) is 4.90 Å². The summed E-state index contributed by atoms with van der Waals surface area (Å²) in [6.45, 7) is 6.18. The van der Waals surface area contributed by atoms with Gasteiger partial charge in [-0.3, -0.25) is 9.69 Å². The lowest BCUT2D eigenvalue weighted by molar-refractivity contribution is 0.0996. The highest BCUT2D eigenvalue weighted by Gasteiger charge is 2.33. The number of aryl methyl sites for hydroxylation is 1. The van der Waals surface area contributed by atoms with Crippen LogP contribution >= 0.6 is 0 Å². The maximum atomic E-state index is 13.5. The molecule has 9 heteroatoms. The Hall–Kier alpha value is -3.33. The molecule has 5 rings (SSSR count). The van der Waals surface area contributed by atoms with Crippen molar-refractivity contribution in [3.63, 3.8) is 0 Å². The largest absolute Gasteiger partial charge is 0.357 e. The van der Waals surface area contributed by atoms with Gasteiger partial charge in [0.05, 0.1) is 17.8 Å². The Morgan fingerprint density at radius 2 is 2.03 bits per heavy atom. The molecular formula is C24H30N8O. The van der Waals surface area contributed by atoms with Crippen LogP contribution in [0.1, 0.15) is 54.1 Å². The molecule has 1 amide bonds. The number of carbonyl (C=O) groups excluding carboxylic acids is 1. The van der Waals surface area contributed by atoms with Gasteiger partial charge in [-0.15, -0.1) is 10.2 Å². The van der Waals surface area contributed by atoms with Crippen molar-refractivity contribution in [2.75, 3.05) is 23.9 Å². The van der Waals surface area contributed by atoms with Gasteiger partial charge >= 0.3 is 0 Å². The molecule has 0 unspecified atom stereocenters. The third-order valence-corrected chi connectivity index (χ3v) is 6.57. The van der Waals surface area contributed by atoms with Crippen LogP contribution < -0.4 is 15.1 Å². The topological polar surface area (TPSA) is 92.1 Å². The molecule has 0 saturated heterocycles. The van der Waals surface area contributed by atoms with Crippen molar-refractivity contribution in [3.05, 3.63) is 46.9 Å². The normalized spacial score (nSPS) is 15.2. The molecule has 3 aromatic heterocycles. The third kappa shape index (κ3) is 3.76. The van der Waals surface area contributed by atoms with Crippen molar-refractivity contribution in [2.24, 2.45) is 0 Å². The van der Waals surface area contributed by atoms with Crippen LogP contribution in [0.5, 0.6) is 0 Å². The first kappa shape index (κ1) is 21.5. The summed E-state index contributed by atoms with van der Waals surface area (Å²) in [4.78, 5) is 27.0. The van der Waals surface area contributed by atoms with Crippen molar-refractivity contribution >= 4 is 17.5 Å². The van der Waals surface area contributed by atoms with E-state index in [1.807, 2.05) is 38.4 Å². The van der Waals surface area contributed by atoms with E-state index in [0.717, 1.165) is 60.2 Å². The molecule has 9 nitrogen and oxygen atoms in total. The lowest BCUT2D eigenvalue weighted by Gasteiger charge is -2.24. The van der Waals surface area contributed by atoms with Gasteiger partial charge in [0.15, 0.2) is 5.82 Å². The minimum absolute atomic E-state index is 0.0453. The summed E-state index contributed by atoms with van der Waals surface area (Å²) in [5.74, 6) is 3.17. The monoisotopic (exact) mass is 446 g/mol. The van der Waals surface area contributed by atoms with Crippen LogP contribution in [0.15, 0.2) is 24.3 Å². The van der Waals surface area contributed by atoms with E-state index in [4.69, 9.17) is 9.97 Å². The SMILES string of the molecule is CNCc1nc(N(C)C(C)C)cc2c1CN(c1cccc(-c3nnc4n3CCCC4)n1)C2=O. The average molecular weight is 447 g/mol. The second kappa shape index (κ2) is 8.55. The average Bonchev–Trinajstić information content (AvgIpc) is 3.40. The number of hydrogen-bond donors (Lipinski definition) is 1. The highest BCUT2D eigenvalue weighted by Crippen LogP contribution is 2.33. The summed E-state index contributed by atoms with van der Waals surface area (Å²) in [6, 6.07) is 7.94. The summed E-state index contributed by atoms with van der Waals surface area (Å²) in [7, 11) is 3.90. The van der Waals surface area contributed by atoms with Gasteiger partial charge in [-0.25, -0.2) is 9.97 Å². The van der Waals surface area contributed by atoms with Gasteiger partial charge in [-0.1, -0.05) is 6.07 Å². The Bertz CT molecular complexity index is 1200. The summed E-state index contributed by atoms with van der Waals surface area (Å²) in [6.07, 6.45) is 3.20. The van der Waals surface area contributed by atoms with E-state index in [1.165, 1.54) is 0 Å². The fourth-order valence-electron chi connectivity index (χ4n) is 4.49. The molecule has 2 aliphatic rings. The first-order valence-electron chi connectivity index (χ1n) is 11.6. The number of pyridine rings is 2. The van der Waals surface area contributed by atoms with E-state index >= 15 is 0 Å². The predicted molar refractivity (Wildman–Crippen MR) is 127 cm³/mol. The lowest BCUT2D eigenvalue weighted by Crippen LogP contribution is -2.27. The quantitative estimate of drug-likeness (QED) is 0.622. The minimum Gasteiger partial charge on any atom is -0.357 e. The zero-order valence-electron chi connectivity index (χ0n) is 19.7. The molecule has 0 saturated carbocycles. The first-order valence-corrected chi connectivity index (χ1v) is 11.6. The number of hydrogen-bond acceptors (Lipinski definition) is 7. The van der Waals surface area contributed by atoms with Crippen LogP contribution in [0.2, 0.25) is 0 Å². The van der Waals surface area contributed by atoms with Crippen molar-refractivity contribution in [1.82, 2.24) is 30.0 Å². The molecule has 0 aliphatic carbocycles. The molecular weight excluding hydrogens is 416 g/mol. The summed E-state index contributed by atoms with van der Waals surface area (Å²) < 4.78 is 2.15. The molecule has 33 heavy (non-hydrogen) atoms. The van der Waals surface area contributed by atoms with E-state index in [2.05, 4.69) is 38.8 Å². The first-order chi connectivity index (χ1) is 16.0. The van der Waals surface area contributed by atoms with E-state index in [9.17, 15) is 4.79 Å². The van der Waals surface area contributed by atoms with Gasteiger partial charge in [0.1, 0.15) is 23.2 Å². The van der Waals surface area contributed by atoms with Crippen LogP contribution in [-0.4, -0.2) is 50.8 Å². The maximum Gasteiger partial charge on any atom is 0.260 e. The zero-order chi connectivity index (χ0) is 23.1. The predicted octanol–water partition coefficient (Wildman–Crippen LogP) is 2.80. The number of amides is 1. The molecule has 0 bridgehead atoms. The number of aromatic nitrogens is 5. The molecule has 0 aromatic carbocycles. The number of anilines is 2. The molecule has 0 spiro atoms. The van der Waals surface area contributed by atoms with Gasteiger partial charge in [0, 0.05) is 38.2 Å². The molecule has 0 radical (unpaired) electrons. The van der Waals surface area contributed by atoms with Crippen LogP contribution in [0.4, 0.5) is 11.6 Å². The van der Waals surface area contributed by atoms with Gasteiger partial charge < -0.3 is 14.8 Å². The Kier molecular flexibility index (Phi) is 5.57. The highest BCUT2D eigenvalue weighted by molar-refractivity contribution is 6.10. The Morgan fingerprint density at radius 3 is 2.82 bits per heavy atom. The van der Waals surface area contributed by atoms with Crippen LogP contribution in [-0.2, 0) is 26.1 Å². The zero-order valence-corrected chi connectivity index (χ0v) is 19.7. The number of fused-ring (bicyclic) bond motifs is 2. The number of rotatable bonds is 6. The summed E-state index contributed by atoms with van der Waals surface area (Å²) in [5, 5.41) is 11.9. The van der Waals surface area contributed by atoms with Crippen molar-refractivity contribution in [3.8, 4) is 11.5 Å². The van der Waals surface area contributed by atoms with E-state index < -0.39 is 0 Å². The van der Waals surface area contributed by atoms with Gasteiger partial charge in [-0.05, 0) is 51.9 Å². The molecule has 2 aliphatic heterocycles. The fraction of sp³-hybridized carbons (Fsp3) is 0.458. The standard InChI is InChI=1S/C24H30N8O/c1-15(2)30(4)22-12-16-17(19(27-22)13-25-3)14-32(24(16)33)20-10-7-8-18(26-20)23-29-28-21-9-5-6-11-31(21)23/h7-8,10,12,15,25H,5-6,9,11,13-14H2,1-4H3. The van der Waals surface area contributed by atoms with Crippen LogP contribution in [0.3, 0.4) is 0 Å². The second-order valence-corrected chi connectivity index (χ2v) is 9.01. The fourth-order valence-corrected chi connectivity index (χ4v) is 4.49. The minimum atomic E-state index is -0.0453. The maximum absolute atomic E-state index is 13.5. The number of nitrogens with zero attached hydrogens (tertiary/aromatic N) is 7. The van der Waals surface area contributed by atoms with Gasteiger partial charge in [-0.2, -0.15) is 0 Å². The Labute approximate surface area is 193 Å². The van der Waals surface area contributed by atoms with Crippen molar-refractivity contribution < 1.29 is 4.79 Å². The van der Waals surface area contributed by atoms with E-state index in [0.29, 0.717) is 24.5 Å². The van der Waals surface area contributed by atoms with Crippen LogP contribution in [0, 0.1) is 0 Å². The molecule has 1 N–H and O–H groups in total. The Balaban J connectivity index is 1.51. The van der Waals surface area contributed by atoms with Gasteiger partial charge in [0.2, 0.25) is 0 Å².